The lowest BCUT2D eigenvalue weighted by Gasteiger charge is -2.20. The molecule has 2 aromatic heterocycles. The van der Waals surface area contributed by atoms with Gasteiger partial charge in [0.05, 0.1) is 10.4 Å². The van der Waals surface area contributed by atoms with Crippen LogP contribution in [0.2, 0.25) is 0 Å². The Bertz CT molecular complexity index is 1190. The number of fused-ring (bicyclic) bond motifs is 1. The van der Waals surface area contributed by atoms with E-state index in [1.54, 1.807) is 13.0 Å². The first kappa shape index (κ1) is 23.1. The third-order valence-corrected chi connectivity index (χ3v) is 7.45. The number of hydrogen-bond acceptors (Lipinski definition) is 8. The molecule has 1 aromatic carbocycles. The summed E-state index contributed by atoms with van der Waals surface area (Å²) in [6.07, 6.45) is 1.77. The van der Waals surface area contributed by atoms with Crippen LogP contribution >= 0.6 is 22.7 Å². The van der Waals surface area contributed by atoms with Crippen molar-refractivity contribution in [2.45, 2.75) is 27.7 Å². The van der Waals surface area contributed by atoms with E-state index in [2.05, 4.69) is 46.1 Å². The first-order valence-electron chi connectivity index (χ1n) is 11.0. The Labute approximate surface area is 200 Å². The summed E-state index contributed by atoms with van der Waals surface area (Å²) in [7, 11) is 0. The molecule has 0 saturated carbocycles. The van der Waals surface area contributed by atoms with Gasteiger partial charge >= 0.3 is 6.03 Å². The Balaban J connectivity index is 1.51. The molecule has 0 N–H and O–H groups in total. The van der Waals surface area contributed by atoms with Crippen molar-refractivity contribution in [1.29, 1.82) is 0 Å². The van der Waals surface area contributed by atoms with Crippen LogP contribution in [0.1, 0.15) is 32.6 Å². The number of carbonyl (C=O) groups excluding carboxylic acids is 2. The molecule has 8 nitrogen and oxygen atoms in total. The van der Waals surface area contributed by atoms with Crippen molar-refractivity contribution in [1.82, 2.24) is 14.8 Å². The van der Waals surface area contributed by atoms with Crippen LogP contribution in [0, 0.1) is 0 Å². The second kappa shape index (κ2) is 9.80. The molecule has 1 fully saturated rings. The maximum Gasteiger partial charge on any atom is 0.331 e. The van der Waals surface area contributed by atoms with Gasteiger partial charge in [-0.1, -0.05) is 11.3 Å². The van der Waals surface area contributed by atoms with E-state index in [-0.39, 0.29) is 11.9 Å². The Morgan fingerprint density at radius 3 is 2.27 bits per heavy atom. The average molecular weight is 483 g/mol. The monoisotopic (exact) mass is 482 g/mol. The standard InChI is InChI=1S/C23H26N6O2S2/c1-5-27(6-2)16-11-9-15(10-12-16)25-26-22-24-20-19(33-22)14-17(32-20)13-18-21(30)29(8-4)23(31)28(18)7-3/h9-14H,5-8H2,1-4H3/b18-13-,26-25?. The van der Waals surface area contributed by atoms with Crippen molar-refractivity contribution in [3.8, 4) is 0 Å². The van der Waals surface area contributed by atoms with Gasteiger partial charge in [-0.05, 0) is 64.1 Å². The van der Waals surface area contributed by atoms with Gasteiger partial charge in [-0.25, -0.2) is 9.78 Å². The van der Waals surface area contributed by atoms with Gasteiger partial charge < -0.3 is 4.90 Å². The Kier molecular flexibility index (Phi) is 6.85. The lowest BCUT2D eigenvalue weighted by Crippen LogP contribution is -2.32. The smallest absolute Gasteiger partial charge is 0.331 e. The lowest BCUT2D eigenvalue weighted by molar-refractivity contribution is -0.122. The molecule has 0 unspecified atom stereocenters. The molecule has 0 radical (unpaired) electrons. The zero-order chi connectivity index (χ0) is 23.5. The van der Waals surface area contributed by atoms with Crippen LogP contribution in [-0.4, -0.2) is 52.9 Å². The Morgan fingerprint density at radius 1 is 0.970 bits per heavy atom. The van der Waals surface area contributed by atoms with E-state index in [4.69, 9.17) is 0 Å². The molecule has 3 heterocycles. The number of rotatable bonds is 8. The van der Waals surface area contributed by atoms with Gasteiger partial charge in [0.25, 0.3) is 5.91 Å². The number of imide groups is 1. The second-order valence-electron chi connectivity index (χ2n) is 7.31. The van der Waals surface area contributed by atoms with Gasteiger partial charge in [0.2, 0.25) is 5.13 Å². The molecule has 0 atom stereocenters. The Hall–Kier alpha value is -3.11. The fourth-order valence-electron chi connectivity index (χ4n) is 3.72. The van der Waals surface area contributed by atoms with Crippen molar-refractivity contribution in [2.24, 2.45) is 10.2 Å². The predicted molar refractivity (Wildman–Crippen MR) is 135 cm³/mol. The summed E-state index contributed by atoms with van der Waals surface area (Å²) in [4.78, 5) is 36.3. The second-order valence-corrected chi connectivity index (χ2v) is 9.38. The summed E-state index contributed by atoms with van der Waals surface area (Å²) in [5.74, 6) is -0.254. The molecule has 0 aliphatic carbocycles. The molecule has 4 rings (SSSR count). The van der Waals surface area contributed by atoms with E-state index in [0.29, 0.717) is 23.9 Å². The topological polar surface area (TPSA) is 81.5 Å². The van der Waals surface area contributed by atoms with Gasteiger partial charge in [0.1, 0.15) is 10.5 Å². The largest absolute Gasteiger partial charge is 0.372 e. The molecule has 10 heteroatoms. The molecule has 33 heavy (non-hydrogen) atoms. The number of anilines is 1. The quantitative estimate of drug-likeness (QED) is 0.215. The van der Waals surface area contributed by atoms with Crippen LogP contribution in [0.15, 0.2) is 46.3 Å². The van der Waals surface area contributed by atoms with E-state index < -0.39 is 0 Å². The number of azo groups is 1. The lowest BCUT2D eigenvalue weighted by atomic mass is 10.2. The third-order valence-electron chi connectivity index (χ3n) is 5.45. The summed E-state index contributed by atoms with van der Waals surface area (Å²) >= 11 is 2.92. The minimum atomic E-state index is -0.263. The van der Waals surface area contributed by atoms with Gasteiger partial charge in [-0.3, -0.25) is 14.6 Å². The van der Waals surface area contributed by atoms with Gasteiger partial charge in [-0.15, -0.1) is 21.6 Å². The van der Waals surface area contributed by atoms with Crippen molar-refractivity contribution < 1.29 is 9.59 Å². The van der Waals surface area contributed by atoms with Crippen LogP contribution in [0.5, 0.6) is 0 Å². The van der Waals surface area contributed by atoms with Crippen molar-refractivity contribution in [3.63, 3.8) is 0 Å². The number of benzene rings is 1. The van der Waals surface area contributed by atoms with Crippen molar-refractivity contribution in [2.75, 3.05) is 31.1 Å². The molecular formula is C23H26N6O2S2. The number of aromatic nitrogens is 1. The summed E-state index contributed by atoms with van der Waals surface area (Å²) in [5.41, 5.74) is 2.35. The minimum absolute atomic E-state index is 0.254. The third kappa shape index (κ3) is 4.53. The summed E-state index contributed by atoms with van der Waals surface area (Å²) in [6, 6.07) is 9.72. The maximum atomic E-state index is 12.6. The highest BCUT2D eigenvalue weighted by molar-refractivity contribution is 7.29. The summed E-state index contributed by atoms with van der Waals surface area (Å²) < 4.78 is 0.977. The number of thiazole rings is 1. The molecule has 1 saturated heterocycles. The molecule has 0 spiro atoms. The number of amides is 3. The van der Waals surface area contributed by atoms with Crippen LogP contribution < -0.4 is 4.90 Å². The highest BCUT2D eigenvalue weighted by Crippen LogP contribution is 2.36. The molecule has 3 amide bonds. The number of urea groups is 1. The molecule has 3 aromatic rings. The van der Waals surface area contributed by atoms with Crippen molar-refractivity contribution in [3.05, 3.63) is 40.9 Å². The normalized spacial score (nSPS) is 15.7. The molecule has 1 aliphatic heterocycles. The van der Waals surface area contributed by atoms with Gasteiger partial charge in [0.15, 0.2) is 0 Å². The van der Waals surface area contributed by atoms with Gasteiger partial charge in [-0.2, -0.15) is 0 Å². The molecule has 1 aliphatic rings. The minimum Gasteiger partial charge on any atom is -0.372 e. The van der Waals surface area contributed by atoms with Crippen LogP contribution in [0.25, 0.3) is 15.6 Å². The van der Waals surface area contributed by atoms with E-state index in [1.807, 2.05) is 25.1 Å². The number of likely N-dealkylation sites (N-methyl/N-ethyl adjacent to an activating group) is 2. The first-order chi connectivity index (χ1) is 16.0. The number of hydrogen-bond donors (Lipinski definition) is 0. The van der Waals surface area contributed by atoms with E-state index >= 15 is 0 Å². The Morgan fingerprint density at radius 2 is 1.67 bits per heavy atom. The highest BCUT2D eigenvalue weighted by atomic mass is 32.1. The van der Waals surface area contributed by atoms with Crippen LogP contribution in [0.4, 0.5) is 21.3 Å². The van der Waals surface area contributed by atoms with Crippen molar-refractivity contribution >= 4 is 66.7 Å². The van der Waals surface area contributed by atoms with E-state index in [0.717, 1.165) is 33.2 Å². The number of carbonyl (C=O) groups is 2. The first-order valence-corrected chi connectivity index (χ1v) is 12.6. The highest BCUT2D eigenvalue weighted by Gasteiger charge is 2.39. The SMILES string of the molecule is CCN1C(=O)/C(=C/c2cc3sc(N=Nc4ccc(N(CC)CC)cc4)nc3s2)N(CC)C1=O. The van der Waals surface area contributed by atoms with E-state index in [1.165, 1.54) is 38.2 Å². The zero-order valence-electron chi connectivity index (χ0n) is 19.1. The fourth-order valence-corrected chi connectivity index (χ4v) is 5.70. The number of thiophene rings is 1. The zero-order valence-corrected chi connectivity index (χ0v) is 20.7. The summed E-state index contributed by atoms with van der Waals surface area (Å²) in [5, 5.41) is 9.20. The van der Waals surface area contributed by atoms with Crippen LogP contribution in [0.3, 0.4) is 0 Å². The predicted octanol–water partition coefficient (Wildman–Crippen LogP) is 6.26. The molecule has 0 bridgehead atoms. The molecule has 172 valence electrons. The van der Waals surface area contributed by atoms with Crippen LogP contribution in [-0.2, 0) is 4.79 Å². The molecular weight excluding hydrogens is 456 g/mol. The van der Waals surface area contributed by atoms with Gasteiger partial charge in [0, 0.05) is 36.7 Å². The van der Waals surface area contributed by atoms with E-state index in [9.17, 15) is 9.59 Å². The fraction of sp³-hybridized carbons (Fsp3) is 0.348. The number of nitrogens with zero attached hydrogens (tertiary/aromatic N) is 6. The average Bonchev–Trinajstić information content (AvgIpc) is 3.44. The summed E-state index contributed by atoms with van der Waals surface area (Å²) in [6.45, 7) is 10.7. The maximum absolute atomic E-state index is 12.6.